The Morgan fingerprint density at radius 3 is 3.00 bits per heavy atom. The van der Waals surface area contributed by atoms with E-state index in [2.05, 4.69) is 11.4 Å². The molecule has 0 fully saturated rings. The van der Waals surface area contributed by atoms with Crippen molar-refractivity contribution >= 4 is 0 Å². The number of benzene rings is 1. The number of fused-ring (bicyclic) bond motifs is 1. The summed E-state index contributed by atoms with van der Waals surface area (Å²) >= 11 is 0. The van der Waals surface area contributed by atoms with Gasteiger partial charge < -0.3 is 4.74 Å². The minimum Gasteiger partial charge on any atom is -0.493 e. The van der Waals surface area contributed by atoms with Gasteiger partial charge in [0.1, 0.15) is 11.3 Å². The zero-order valence-electron chi connectivity index (χ0n) is 8.08. The monoisotopic (exact) mass is 188 g/mol. The zero-order chi connectivity index (χ0) is 10.0. The molecule has 14 heavy (non-hydrogen) atoms. The van der Waals surface area contributed by atoms with E-state index in [-0.39, 0.29) is 0 Å². The maximum absolute atomic E-state index is 9.22. The van der Waals surface area contributed by atoms with Crippen LogP contribution < -0.4 is 10.1 Å². The normalized spacial score (nSPS) is 24.6. The van der Waals surface area contributed by atoms with E-state index in [9.17, 15) is 5.26 Å². The highest BCUT2D eigenvalue weighted by Gasteiger charge is 2.36. The van der Waals surface area contributed by atoms with E-state index in [4.69, 9.17) is 4.74 Å². The molecular formula is C11H12N2O. The SMILES string of the molecule is CNC1(C#N)CCOc2ccccc21. The predicted molar refractivity (Wildman–Crippen MR) is 52.9 cm³/mol. The predicted octanol–water partition coefficient (Wildman–Crippen LogP) is 1.41. The highest BCUT2D eigenvalue weighted by atomic mass is 16.5. The van der Waals surface area contributed by atoms with Crippen LogP contribution in [0.15, 0.2) is 24.3 Å². The first-order valence-corrected chi connectivity index (χ1v) is 4.65. The van der Waals surface area contributed by atoms with Crippen molar-refractivity contribution < 1.29 is 4.74 Å². The molecule has 1 atom stereocenters. The number of para-hydroxylation sites is 1. The highest BCUT2D eigenvalue weighted by molar-refractivity contribution is 5.44. The van der Waals surface area contributed by atoms with Crippen LogP contribution in [-0.2, 0) is 5.54 Å². The van der Waals surface area contributed by atoms with Gasteiger partial charge >= 0.3 is 0 Å². The van der Waals surface area contributed by atoms with E-state index < -0.39 is 5.54 Å². The van der Waals surface area contributed by atoms with Crippen LogP contribution in [0.1, 0.15) is 12.0 Å². The van der Waals surface area contributed by atoms with Crippen LogP contribution in [0, 0.1) is 11.3 Å². The molecule has 3 heteroatoms. The summed E-state index contributed by atoms with van der Waals surface area (Å²) in [6, 6.07) is 10.0. The Balaban J connectivity index is 2.55. The average Bonchev–Trinajstić information content (AvgIpc) is 2.28. The van der Waals surface area contributed by atoms with Gasteiger partial charge in [0.25, 0.3) is 0 Å². The average molecular weight is 188 g/mol. The molecule has 1 aliphatic heterocycles. The van der Waals surface area contributed by atoms with Crippen molar-refractivity contribution in [2.75, 3.05) is 13.7 Å². The van der Waals surface area contributed by atoms with Gasteiger partial charge in [-0.15, -0.1) is 0 Å². The van der Waals surface area contributed by atoms with Gasteiger partial charge in [-0.1, -0.05) is 18.2 Å². The maximum Gasteiger partial charge on any atom is 0.138 e. The fraction of sp³-hybridized carbons (Fsp3) is 0.364. The Kier molecular flexibility index (Phi) is 2.14. The maximum atomic E-state index is 9.22. The molecule has 1 aliphatic rings. The minimum atomic E-state index is -0.575. The van der Waals surface area contributed by atoms with Crippen LogP contribution in [-0.4, -0.2) is 13.7 Å². The van der Waals surface area contributed by atoms with E-state index in [1.165, 1.54) is 0 Å². The van der Waals surface area contributed by atoms with Crippen molar-refractivity contribution in [3.05, 3.63) is 29.8 Å². The van der Waals surface area contributed by atoms with Gasteiger partial charge in [0.05, 0.1) is 12.7 Å². The molecule has 1 aromatic rings. The lowest BCUT2D eigenvalue weighted by molar-refractivity contribution is 0.226. The first-order chi connectivity index (χ1) is 6.82. The summed E-state index contributed by atoms with van der Waals surface area (Å²) in [6.07, 6.45) is 0.691. The van der Waals surface area contributed by atoms with Crippen molar-refractivity contribution in [2.45, 2.75) is 12.0 Å². The van der Waals surface area contributed by atoms with Crippen molar-refractivity contribution in [2.24, 2.45) is 0 Å². The lowest BCUT2D eigenvalue weighted by atomic mass is 9.86. The molecule has 1 unspecified atom stereocenters. The molecule has 0 saturated carbocycles. The quantitative estimate of drug-likeness (QED) is 0.724. The Labute approximate surface area is 83.3 Å². The van der Waals surface area contributed by atoms with Gasteiger partial charge in [0, 0.05) is 12.0 Å². The fourth-order valence-corrected chi connectivity index (χ4v) is 1.83. The molecule has 2 rings (SSSR count). The van der Waals surface area contributed by atoms with Crippen molar-refractivity contribution in [3.8, 4) is 11.8 Å². The second-order valence-corrected chi connectivity index (χ2v) is 3.36. The molecule has 0 bridgehead atoms. The number of rotatable bonds is 1. The molecule has 0 aliphatic carbocycles. The molecule has 0 radical (unpaired) electrons. The van der Waals surface area contributed by atoms with Gasteiger partial charge in [0.2, 0.25) is 0 Å². The molecule has 3 nitrogen and oxygen atoms in total. The van der Waals surface area contributed by atoms with Crippen molar-refractivity contribution in [3.63, 3.8) is 0 Å². The first kappa shape index (κ1) is 9.04. The smallest absolute Gasteiger partial charge is 0.138 e. The van der Waals surface area contributed by atoms with Crippen LogP contribution in [0.5, 0.6) is 5.75 Å². The Hall–Kier alpha value is -1.53. The fourth-order valence-electron chi connectivity index (χ4n) is 1.83. The van der Waals surface area contributed by atoms with E-state index in [1.54, 1.807) is 0 Å². The van der Waals surface area contributed by atoms with E-state index >= 15 is 0 Å². The molecule has 1 aromatic carbocycles. The highest BCUT2D eigenvalue weighted by Crippen LogP contribution is 2.35. The van der Waals surface area contributed by atoms with E-state index in [1.807, 2.05) is 31.3 Å². The summed E-state index contributed by atoms with van der Waals surface area (Å²) in [5, 5.41) is 12.3. The molecule has 0 saturated heterocycles. The van der Waals surface area contributed by atoms with Crippen LogP contribution in [0.4, 0.5) is 0 Å². The van der Waals surface area contributed by atoms with Crippen molar-refractivity contribution in [1.29, 1.82) is 5.26 Å². The molecule has 72 valence electrons. The van der Waals surface area contributed by atoms with Crippen molar-refractivity contribution in [1.82, 2.24) is 5.32 Å². The topological polar surface area (TPSA) is 45.0 Å². The van der Waals surface area contributed by atoms with Crippen LogP contribution in [0.2, 0.25) is 0 Å². The Morgan fingerprint density at radius 2 is 2.29 bits per heavy atom. The van der Waals surface area contributed by atoms with Crippen LogP contribution in [0.25, 0.3) is 0 Å². The van der Waals surface area contributed by atoms with Crippen LogP contribution >= 0.6 is 0 Å². The third kappa shape index (κ3) is 1.16. The van der Waals surface area contributed by atoms with Crippen LogP contribution in [0.3, 0.4) is 0 Å². The lowest BCUT2D eigenvalue weighted by Crippen LogP contribution is -2.42. The lowest BCUT2D eigenvalue weighted by Gasteiger charge is -2.32. The summed E-state index contributed by atoms with van der Waals surface area (Å²) < 4.78 is 5.49. The summed E-state index contributed by atoms with van der Waals surface area (Å²) in [5.41, 5.74) is 0.366. The van der Waals surface area contributed by atoms with E-state index in [0.29, 0.717) is 13.0 Å². The molecule has 1 heterocycles. The number of nitrogens with one attached hydrogen (secondary N) is 1. The summed E-state index contributed by atoms with van der Waals surface area (Å²) in [4.78, 5) is 0. The summed E-state index contributed by atoms with van der Waals surface area (Å²) in [6.45, 7) is 0.589. The van der Waals surface area contributed by atoms with Gasteiger partial charge in [-0.2, -0.15) is 5.26 Å². The number of hydrogen-bond acceptors (Lipinski definition) is 3. The molecule has 1 N–H and O–H groups in total. The molecule has 0 amide bonds. The molecular weight excluding hydrogens is 176 g/mol. The summed E-state index contributed by atoms with van der Waals surface area (Å²) in [7, 11) is 1.81. The van der Waals surface area contributed by atoms with Gasteiger partial charge in [0.15, 0.2) is 0 Å². The van der Waals surface area contributed by atoms with Gasteiger partial charge in [-0.25, -0.2) is 0 Å². The third-order valence-corrected chi connectivity index (χ3v) is 2.70. The number of nitrogens with zero attached hydrogens (tertiary/aromatic N) is 1. The van der Waals surface area contributed by atoms with E-state index in [0.717, 1.165) is 11.3 Å². The number of hydrogen-bond donors (Lipinski definition) is 1. The Morgan fingerprint density at radius 1 is 1.50 bits per heavy atom. The number of nitriles is 1. The van der Waals surface area contributed by atoms with Gasteiger partial charge in [-0.05, 0) is 13.1 Å². The Bertz CT molecular complexity index is 383. The zero-order valence-corrected chi connectivity index (χ0v) is 8.08. The minimum absolute atomic E-state index is 0.575. The summed E-state index contributed by atoms with van der Waals surface area (Å²) in [5.74, 6) is 0.814. The number of ether oxygens (including phenoxy) is 1. The second-order valence-electron chi connectivity index (χ2n) is 3.36. The second kappa shape index (κ2) is 3.32. The van der Waals surface area contributed by atoms with Gasteiger partial charge in [-0.3, -0.25) is 5.32 Å². The standard InChI is InChI=1S/C11H12N2O/c1-13-11(8-12)6-7-14-10-5-3-2-4-9(10)11/h2-5,13H,6-7H2,1H3. The third-order valence-electron chi connectivity index (χ3n) is 2.70. The first-order valence-electron chi connectivity index (χ1n) is 4.65. The molecule has 0 aromatic heterocycles. The molecule has 0 spiro atoms. The largest absolute Gasteiger partial charge is 0.493 e.